The molecule has 1 N–H and O–H groups in total. The van der Waals surface area contributed by atoms with E-state index >= 15 is 0 Å². The molecule has 1 aromatic heterocycles. The highest BCUT2D eigenvalue weighted by Gasteiger charge is 2.13. The highest BCUT2D eigenvalue weighted by Crippen LogP contribution is 2.33. The van der Waals surface area contributed by atoms with Crippen LogP contribution in [0, 0.1) is 0 Å². The number of hydrogen-bond acceptors (Lipinski definition) is 6. The lowest BCUT2D eigenvalue weighted by Crippen LogP contribution is -2.21. The van der Waals surface area contributed by atoms with E-state index in [2.05, 4.69) is 5.32 Å². The van der Waals surface area contributed by atoms with Crippen molar-refractivity contribution in [2.75, 3.05) is 13.7 Å². The number of benzene rings is 3. The predicted octanol–water partition coefficient (Wildman–Crippen LogP) is 6.33. The summed E-state index contributed by atoms with van der Waals surface area (Å²) in [5, 5.41) is 4.93. The van der Waals surface area contributed by atoms with Crippen LogP contribution in [0.2, 0.25) is 0 Å². The molecule has 0 fully saturated rings. The molecule has 0 spiro atoms. The number of carbonyl (C=O) groups excluding carboxylic acids is 3. The fraction of sp³-hybridized carbons (Fsp3) is 0.194. The molecule has 4 aromatic rings. The van der Waals surface area contributed by atoms with Gasteiger partial charge in [-0.15, -0.1) is 11.3 Å². The fourth-order valence-corrected chi connectivity index (χ4v) is 4.85. The number of hydrogen-bond donors (Lipinski definition) is 1. The molecule has 6 nitrogen and oxygen atoms in total. The van der Waals surface area contributed by atoms with E-state index in [4.69, 9.17) is 9.47 Å². The fourth-order valence-electron chi connectivity index (χ4n) is 4.02. The lowest BCUT2D eigenvalue weighted by atomic mass is 9.99. The molecule has 0 saturated heterocycles. The van der Waals surface area contributed by atoms with Crippen LogP contribution in [-0.4, -0.2) is 31.4 Å². The molecule has 0 radical (unpaired) electrons. The minimum absolute atomic E-state index is 0.00793. The van der Waals surface area contributed by atoms with Crippen molar-refractivity contribution in [1.82, 2.24) is 5.32 Å². The lowest BCUT2D eigenvalue weighted by Gasteiger charge is -2.10. The minimum Gasteiger partial charge on any atom is -0.496 e. The van der Waals surface area contributed by atoms with Crippen molar-refractivity contribution in [1.29, 1.82) is 0 Å². The van der Waals surface area contributed by atoms with E-state index in [0.29, 0.717) is 29.3 Å². The van der Waals surface area contributed by atoms with Crippen molar-refractivity contribution in [3.8, 4) is 28.0 Å². The molecule has 194 valence electrons. The molecular weight excluding hydrogens is 498 g/mol. The first kappa shape index (κ1) is 26.8. The molecule has 3 aromatic carbocycles. The van der Waals surface area contributed by atoms with Crippen LogP contribution >= 0.6 is 11.3 Å². The first-order chi connectivity index (χ1) is 18.4. The van der Waals surface area contributed by atoms with Crippen LogP contribution in [0.25, 0.3) is 22.3 Å². The van der Waals surface area contributed by atoms with Gasteiger partial charge in [0, 0.05) is 17.7 Å². The average molecular weight is 528 g/mol. The zero-order valence-electron chi connectivity index (χ0n) is 21.6. The second-order valence-electron chi connectivity index (χ2n) is 8.73. The Kier molecular flexibility index (Phi) is 8.71. The number of thiophene rings is 1. The number of rotatable bonds is 10. The molecule has 4 rings (SSSR count). The average Bonchev–Trinajstić information content (AvgIpc) is 3.43. The number of methoxy groups -OCH3 is 1. The van der Waals surface area contributed by atoms with Gasteiger partial charge in [0.2, 0.25) is 0 Å². The van der Waals surface area contributed by atoms with Crippen LogP contribution in [0.1, 0.15) is 45.0 Å². The second kappa shape index (κ2) is 12.3. The number of Topliss-reactive ketones (excluding diaryl/α,β-unsaturated/α-hetero) is 1. The summed E-state index contributed by atoms with van der Waals surface area (Å²) < 4.78 is 10.5. The molecule has 7 heteroatoms. The van der Waals surface area contributed by atoms with Crippen molar-refractivity contribution in [2.24, 2.45) is 0 Å². The SMILES string of the molecule is CCOC(=O)Cc1ccc(CNC(=O)c2cc(-c3ccc(-c4ccc(C(C)=O)cc4OC)cc3)cs2)cc1. The summed E-state index contributed by atoms with van der Waals surface area (Å²) in [6, 6.07) is 22.9. The number of ether oxygens (including phenoxy) is 2. The van der Waals surface area contributed by atoms with Crippen molar-refractivity contribution < 1.29 is 23.9 Å². The van der Waals surface area contributed by atoms with Gasteiger partial charge in [-0.25, -0.2) is 0 Å². The number of esters is 1. The van der Waals surface area contributed by atoms with Gasteiger partial charge in [0.25, 0.3) is 5.91 Å². The largest absolute Gasteiger partial charge is 0.496 e. The van der Waals surface area contributed by atoms with Gasteiger partial charge in [0.05, 0.1) is 25.0 Å². The van der Waals surface area contributed by atoms with E-state index in [9.17, 15) is 14.4 Å². The van der Waals surface area contributed by atoms with Crippen LogP contribution in [0.4, 0.5) is 0 Å². The van der Waals surface area contributed by atoms with Crippen molar-refractivity contribution in [2.45, 2.75) is 26.8 Å². The zero-order chi connectivity index (χ0) is 27.1. The second-order valence-corrected chi connectivity index (χ2v) is 9.64. The summed E-state index contributed by atoms with van der Waals surface area (Å²) >= 11 is 1.40. The van der Waals surface area contributed by atoms with Gasteiger partial charge in [-0.3, -0.25) is 14.4 Å². The van der Waals surface area contributed by atoms with Crippen LogP contribution in [0.5, 0.6) is 5.75 Å². The van der Waals surface area contributed by atoms with Crippen LogP contribution in [0.15, 0.2) is 78.2 Å². The van der Waals surface area contributed by atoms with E-state index in [1.807, 2.05) is 66.0 Å². The van der Waals surface area contributed by atoms with Gasteiger partial charge in [-0.05, 0) is 65.2 Å². The van der Waals surface area contributed by atoms with Gasteiger partial charge < -0.3 is 14.8 Å². The maximum absolute atomic E-state index is 12.7. The maximum atomic E-state index is 12.7. The van der Waals surface area contributed by atoms with E-state index in [1.54, 1.807) is 26.2 Å². The molecule has 0 saturated carbocycles. The topological polar surface area (TPSA) is 81.7 Å². The summed E-state index contributed by atoms with van der Waals surface area (Å²) in [5.74, 6) is 0.253. The first-order valence-corrected chi connectivity index (χ1v) is 13.2. The molecule has 1 heterocycles. The van der Waals surface area contributed by atoms with Crippen molar-refractivity contribution in [3.63, 3.8) is 0 Å². The summed E-state index contributed by atoms with van der Waals surface area (Å²) in [6.07, 6.45) is 0.235. The molecule has 0 aliphatic heterocycles. The molecule has 38 heavy (non-hydrogen) atoms. The van der Waals surface area contributed by atoms with Gasteiger partial charge in [-0.2, -0.15) is 0 Å². The summed E-state index contributed by atoms with van der Waals surface area (Å²) in [5.41, 5.74) is 6.28. The lowest BCUT2D eigenvalue weighted by molar-refractivity contribution is -0.142. The van der Waals surface area contributed by atoms with Crippen LogP contribution < -0.4 is 10.1 Å². The molecule has 0 aliphatic rings. The number of nitrogens with one attached hydrogen (secondary N) is 1. The van der Waals surface area contributed by atoms with Gasteiger partial charge in [-0.1, -0.05) is 54.6 Å². The maximum Gasteiger partial charge on any atom is 0.310 e. The normalized spacial score (nSPS) is 10.6. The third-order valence-electron chi connectivity index (χ3n) is 6.09. The Hall–Kier alpha value is -4.23. The Morgan fingerprint density at radius 2 is 1.53 bits per heavy atom. The Morgan fingerprint density at radius 3 is 2.18 bits per heavy atom. The first-order valence-electron chi connectivity index (χ1n) is 12.3. The minimum atomic E-state index is -0.250. The molecular formula is C31H29NO5S. The third-order valence-corrected chi connectivity index (χ3v) is 7.02. The highest BCUT2D eigenvalue weighted by molar-refractivity contribution is 7.12. The van der Waals surface area contributed by atoms with Crippen LogP contribution in [0.3, 0.4) is 0 Å². The standard InChI is InChI=1S/C31H29NO5S/c1-4-37-30(34)15-21-5-7-22(8-6-21)18-32-31(35)29-17-26(19-38-29)23-9-11-24(12-10-23)27-14-13-25(20(2)33)16-28(27)36-3/h5-14,16-17,19H,4,15,18H2,1-3H3,(H,32,35). The third kappa shape index (κ3) is 6.55. The number of amides is 1. The van der Waals surface area contributed by atoms with Crippen LogP contribution in [-0.2, 0) is 22.5 Å². The van der Waals surface area contributed by atoms with Gasteiger partial charge in [0.1, 0.15) is 5.75 Å². The molecule has 1 amide bonds. The zero-order valence-corrected chi connectivity index (χ0v) is 22.4. The van der Waals surface area contributed by atoms with E-state index in [0.717, 1.165) is 33.4 Å². The quantitative estimate of drug-likeness (QED) is 0.193. The summed E-state index contributed by atoms with van der Waals surface area (Å²) in [4.78, 5) is 36.7. The van der Waals surface area contributed by atoms with E-state index in [-0.39, 0.29) is 24.1 Å². The Balaban J connectivity index is 1.38. The number of carbonyl (C=O) groups is 3. The van der Waals surface area contributed by atoms with E-state index in [1.165, 1.54) is 18.3 Å². The van der Waals surface area contributed by atoms with Gasteiger partial charge in [0.15, 0.2) is 5.78 Å². The molecule has 0 aliphatic carbocycles. The molecule has 0 bridgehead atoms. The monoisotopic (exact) mass is 527 g/mol. The van der Waals surface area contributed by atoms with Crippen molar-refractivity contribution >= 4 is 29.0 Å². The molecule has 0 atom stereocenters. The molecule has 0 unspecified atom stereocenters. The van der Waals surface area contributed by atoms with E-state index < -0.39 is 0 Å². The predicted molar refractivity (Wildman–Crippen MR) is 150 cm³/mol. The Bertz CT molecular complexity index is 1440. The number of ketones is 1. The summed E-state index contributed by atoms with van der Waals surface area (Å²) in [6.45, 7) is 4.08. The smallest absolute Gasteiger partial charge is 0.310 e. The highest BCUT2D eigenvalue weighted by atomic mass is 32.1. The summed E-state index contributed by atoms with van der Waals surface area (Å²) in [7, 11) is 1.59. The Labute approximate surface area is 226 Å². The van der Waals surface area contributed by atoms with Crippen molar-refractivity contribution in [3.05, 3.63) is 99.7 Å². The Morgan fingerprint density at radius 1 is 0.842 bits per heavy atom. The van der Waals surface area contributed by atoms with Gasteiger partial charge >= 0.3 is 5.97 Å².